The second-order valence-electron chi connectivity index (χ2n) is 5.36. The first-order chi connectivity index (χ1) is 9.09. The van der Waals surface area contributed by atoms with Gasteiger partial charge in [-0.1, -0.05) is 36.8 Å². The van der Waals surface area contributed by atoms with Gasteiger partial charge in [-0.05, 0) is 38.3 Å². The standard InChI is InChI=1S/C15H23NO2S/c1-13(14-7-3-2-4-8-14)19(17,18)12-10-15-9-5-6-11-16-15/h2-4,7-8,13,15-16H,5-6,9-12H2,1H3. The molecule has 2 rings (SSSR count). The van der Waals surface area contributed by atoms with E-state index in [2.05, 4.69) is 5.32 Å². The van der Waals surface area contributed by atoms with E-state index in [-0.39, 0.29) is 5.75 Å². The molecule has 2 atom stereocenters. The van der Waals surface area contributed by atoms with Crippen LogP contribution in [0.2, 0.25) is 0 Å². The van der Waals surface area contributed by atoms with Gasteiger partial charge in [-0.2, -0.15) is 0 Å². The van der Waals surface area contributed by atoms with Gasteiger partial charge in [0.1, 0.15) is 0 Å². The lowest BCUT2D eigenvalue weighted by Crippen LogP contribution is -2.35. The summed E-state index contributed by atoms with van der Waals surface area (Å²) in [5.74, 6) is 0.278. The minimum absolute atomic E-state index is 0.278. The maximum atomic E-state index is 12.3. The summed E-state index contributed by atoms with van der Waals surface area (Å²) in [6, 6.07) is 9.86. The van der Waals surface area contributed by atoms with Gasteiger partial charge < -0.3 is 5.32 Å². The maximum Gasteiger partial charge on any atom is 0.157 e. The Hall–Kier alpha value is -0.870. The van der Waals surface area contributed by atoms with Gasteiger partial charge in [0.15, 0.2) is 9.84 Å². The number of benzene rings is 1. The Kier molecular flexibility index (Phi) is 4.99. The molecule has 0 bridgehead atoms. The molecule has 1 aliphatic rings. The summed E-state index contributed by atoms with van der Waals surface area (Å²) in [6.45, 7) is 2.82. The topological polar surface area (TPSA) is 46.2 Å². The lowest BCUT2D eigenvalue weighted by molar-refractivity contribution is 0.392. The van der Waals surface area contributed by atoms with Gasteiger partial charge >= 0.3 is 0 Å². The molecule has 3 nitrogen and oxygen atoms in total. The highest BCUT2D eigenvalue weighted by molar-refractivity contribution is 7.91. The Labute approximate surface area is 116 Å². The Morgan fingerprint density at radius 1 is 1.26 bits per heavy atom. The number of sulfone groups is 1. The van der Waals surface area contributed by atoms with Gasteiger partial charge in [-0.15, -0.1) is 0 Å². The van der Waals surface area contributed by atoms with Crippen molar-refractivity contribution in [1.29, 1.82) is 0 Å². The lowest BCUT2D eigenvalue weighted by Gasteiger charge is -2.24. The molecule has 19 heavy (non-hydrogen) atoms. The molecule has 1 N–H and O–H groups in total. The van der Waals surface area contributed by atoms with Gasteiger partial charge in [0, 0.05) is 6.04 Å². The van der Waals surface area contributed by atoms with E-state index in [4.69, 9.17) is 0 Å². The molecule has 0 aliphatic carbocycles. The monoisotopic (exact) mass is 281 g/mol. The number of nitrogens with one attached hydrogen (secondary N) is 1. The third-order valence-electron chi connectivity index (χ3n) is 3.97. The van der Waals surface area contributed by atoms with Crippen LogP contribution in [0, 0.1) is 0 Å². The highest BCUT2D eigenvalue weighted by Crippen LogP contribution is 2.23. The van der Waals surface area contributed by atoms with E-state index < -0.39 is 15.1 Å². The molecule has 0 aromatic heterocycles. The predicted octanol–water partition coefficient (Wildman–Crippen LogP) is 2.69. The normalized spacial score (nSPS) is 22.1. The maximum absolute atomic E-state index is 12.3. The molecular formula is C15H23NO2S. The number of rotatable bonds is 5. The van der Waals surface area contributed by atoms with Crippen molar-refractivity contribution < 1.29 is 8.42 Å². The molecule has 106 valence electrons. The molecule has 1 heterocycles. The Balaban J connectivity index is 1.94. The first-order valence-electron chi connectivity index (χ1n) is 7.09. The zero-order valence-electron chi connectivity index (χ0n) is 11.5. The molecule has 1 fully saturated rings. The number of piperidine rings is 1. The fourth-order valence-electron chi connectivity index (χ4n) is 2.59. The highest BCUT2D eigenvalue weighted by Gasteiger charge is 2.24. The van der Waals surface area contributed by atoms with E-state index >= 15 is 0 Å². The molecular weight excluding hydrogens is 258 g/mol. The van der Waals surface area contributed by atoms with Crippen molar-refractivity contribution in [3.05, 3.63) is 35.9 Å². The molecule has 1 aliphatic heterocycles. The van der Waals surface area contributed by atoms with E-state index in [9.17, 15) is 8.42 Å². The lowest BCUT2D eigenvalue weighted by atomic mass is 10.0. The summed E-state index contributed by atoms with van der Waals surface area (Å²) in [4.78, 5) is 0. The smallest absolute Gasteiger partial charge is 0.157 e. The van der Waals surface area contributed by atoms with Crippen LogP contribution in [-0.2, 0) is 9.84 Å². The Morgan fingerprint density at radius 2 is 2.00 bits per heavy atom. The van der Waals surface area contributed by atoms with Crippen LogP contribution in [0.15, 0.2) is 30.3 Å². The summed E-state index contributed by atoms with van der Waals surface area (Å²) in [6.07, 6.45) is 4.27. The quantitative estimate of drug-likeness (QED) is 0.902. The van der Waals surface area contributed by atoms with Gasteiger partial charge in [0.05, 0.1) is 11.0 Å². The SMILES string of the molecule is CC(c1ccccc1)S(=O)(=O)CCC1CCCCN1. The molecule has 0 spiro atoms. The summed E-state index contributed by atoms with van der Waals surface area (Å²) < 4.78 is 24.7. The molecule has 1 aromatic carbocycles. The van der Waals surface area contributed by atoms with Crippen LogP contribution in [-0.4, -0.2) is 26.8 Å². The molecule has 1 aromatic rings. The predicted molar refractivity (Wildman–Crippen MR) is 78.9 cm³/mol. The Morgan fingerprint density at radius 3 is 2.63 bits per heavy atom. The van der Waals surface area contributed by atoms with Crippen LogP contribution < -0.4 is 5.32 Å². The fraction of sp³-hybridized carbons (Fsp3) is 0.600. The first-order valence-corrected chi connectivity index (χ1v) is 8.81. The van der Waals surface area contributed by atoms with Crippen LogP contribution in [0.4, 0.5) is 0 Å². The second kappa shape index (κ2) is 6.53. The first kappa shape index (κ1) is 14.5. The van der Waals surface area contributed by atoms with Crippen molar-refractivity contribution in [2.24, 2.45) is 0 Å². The minimum Gasteiger partial charge on any atom is -0.314 e. The van der Waals surface area contributed by atoms with Gasteiger partial charge in [0.25, 0.3) is 0 Å². The number of hydrogen-bond acceptors (Lipinski definition) is 3. The van der Waals surface area contributed by atoms with Crippen LogP contribution >= 0.6 is 0 Å². The van der Waals surface area contributed by atoms with Crippen molar-refractivity contribution >= 4 is 9.84 Å². The van der Waals surface area contributed by atoms with E-state index in [1.807, 2.05) is 30.3 Å². The summed E-state index contributed by atoms with van der Waals surface area (Å²) in [5.41, 5.74) is 0.888. The summed E-state index contributed by atoms with van der Waals surface area (Å²) in [5, 5.41) is 3.00. The van der Waals surface area contributed by atoms with E-state index in [1.165, 1.54) is 12.8 Å². The Bertz CT molecular complexity index is 478. The van der Waals surface area contributed by atoms with Crippen LogP contribution in [0.3, 0.4) is 0 Å². The molecule has 4 heteroatoms. The highest BCUT2D eigenvalue weighted by atomic mass is 32.2. The molecule has 0 saturated carbocycles. The summed E-state index contributed by atoms with van der Waals surface area (Å²) >= 11 is 0. The van der Waals surface area contributed by atoms with Gasteiger partial charge in [0.2, 0.25) is 0 Å². The zero-order valence-corrected chi connectivity index (χ0v) is 12.3. The summed E-state index contributed by atoms with van der Waals surface area (Å²) in [7, 11) is -3.05. The van der Waals surface area contributed by atoms with Crippen molar-refractivity contribution in [2.75, 3.05) is 12.3 Å². The third kappa shape index (κ3) is 4.05. The van der Waals surface area contributed by atoms with Crippen molar-refractivity contribution in [2.45, 2.75) is 43.9 Å². The van der Waals surface area contributed by atoms with Gasteiger partial charge in [-0.3, -0.25) is 0 Å². The van der Waals surface area contributed by atoms with Crippen molar-refractivity contribution in [3.63, 3.8) is 0 Å². The van der Waals surface area contributed by atoms with Crippen LogP contribution in [0.25, 0.3) is 0 Å². The van der Waals surface area contributed by atoms with Gasteiger partial charge in [-0.25, -0.2) is 8.42 Å². The van der Waals surface area contributed by atoms with Crippen LogP contribution in [0.1, 0.15) is 43.4 Å². The van der Waals surface area contributed by atoms with Crippen molar-refractivity contribution in [1.82, 2.24) is 5.32 Å². The average Bonchev–Trinajstić information content (AvgIpc) is 2.46. The minimum atomic E-state index is -3.05. The largest absolute Gasteiger partial charge is 0.314 e. The fourth-order valence-corrected chi connectivity index (χ4v) is 4.12. The van der Waals surface area contributed by atoms with E-state index in [0.717, 1.165) is 24.9 Å². The molecule has 0 amide bonds. The molecule has 0 radical (unpaired) electrons. The second-order valence-corrected chi connectivity index (χ2v) is 7.80. The zero-order chi connectivity index (χ0) is 13.7. The van der Waals surface area contributed by atoms with E-state index in [0.29, 0.717) is 6.04 Å². The van der Waals surface area contributed by atoms with Crippen LogP contribution in [0.5, 0.6) is 0 Å². The third-order valence-corrected chi connectivity index (χ3v) is 6.13. The molecule has 1 saturated heterocycles. The van der Waals surface area contributed by atoms with E-state index in [1.54, 1.807) is 6.92 Å². The van der Waals surface area contributed by atoms with Crippen molar-refractivity contribution in [3.8, 4) is 0 Å². The molecule has 2 unspecified atom stereocenters. The number of hydrogen-bond donors (Lipinski definition) is 1. The average molecular weight is 281 g/mol.